The number of amides is 1. The lowest BCUT2D eigenvalue weighted by atomic mass is 10.0. The van der Waals surface area contributed by atoms with Gasteiger partial charge >= 0.3 is 0 Å². The van der Waals surface area contributed by atoms with Crippen LogP contribution in [0.3, 0.4) is 0 Å². The Kier molecular flexibility index (Phi) is 5.18. The van der Waals surface area contributed by atoms with E-state index in [4.69, 9.17) is 5.73 Å². The van der Waals surface area contributed by atoms with Crippen molar-refractivity contribution in [3.8, 4) is 0 Å². The van der Waals surface area contributed by atoms with Crippen LogP contribution in [-0.2, 0) is 11.2 Å². The van der Waals surface area contributed by atoms with Gasteiger partial charge in [-0.2, -0.15) is 0 Å². The number of nitrogens with two attached hydrogens (primary N) is 1. The standard InChI is InChI=1S/C17H26N2O/c1-13(2)16-9-6-12-19(16)17(20)15(18)11-10-14-7-4-3-5-8-14/h3-5,7-8,13,15-16H,6,9-12,18H2,1-2H3/t15-,16?/m0/s1. The molecule has 0 aromatic heterocycles. The first-order valence-electron chi connectivity index (χ1n) is 7.69. The van der Waals surface area contributed by atoms with Gasteiger partial charge in [-0.05, 0) is 37.2 Å². The summed E-state index contributed by atoms with van der Waals surface area (Å²) in [5, 5.41) is 0. The Bertz CT molecular complexity index is 430. The van der Waals surface area contributed by atoms with Gasteiger partial charge in [0.05, 0.1) is 6.04 Å². The van der Waals surface area contributed by atoms with Crippen LogP contribution < -0.4 is 5.73 Å². The van der Waals surface area contributed by atoms with Crippen LogP contribution in [0.25, 0.3) is 0 Å². The fourth-order valence-electron chi connectivity index (χ4n) is 3.06. The highest BCUT2D eigenvalue weighted by molar-refractivity contribution is 5.82. The summed E-state index contributed by atoms with van der Waals surface area (Å²) in [6.07, 6.45) is 3.83. The van der Waals surface area contributed by atoms with Crippen molar-refractivity contribution in [1.82, 2.24) is 4.90 Å². The molecule has 0 spiro atoms. The quantitative estimate of drug-likeness (QED) is 0.897. The maximum atomic E-state index is 12.5. The van der Waals surface area contributed by atoms with Crippen LogP contribution in [-0.4, -0.2) is 29.4 Å². The molecule has 3 nitrogen and oxygen atoms in total. The van der Waals surface area contributed by atoms with Gasteiger partial charge in [-0.15, -0.1) is 0 Å². The minimum absolute atomic E-state index is 0.136. The summed E-state index contributed by atoms with van der Waals surface area (Å²) in [5.74, 6) is 0.653. The predicted octanol–water partition coefficient (Wildman–Crippen LogP) is 2.59. The fraction of sp³-hybridized carbons (Fsp3) is 0.588. The monoisotopic (exact) mass is 274 g/mol. The SMILES string of the molecule is CC(C)C1CCCN1C(=O)[C@@H](N)CCc1ccccc1. The number of hydrogen-bond acceptors (Lipinski definition) is 2. The molecule has 0 radical (unpaired) electrons. The molecule has 0 aliphatic carbocycles. The van der Waals surface area contributed by atoms with Gasteiger partial charge in [0.1, 0.15) is 0 Å². The Balaban J connectivity index is 1.88. The van der Waals surface area contributed by atoms with Crippen LogP contribution in [0.15, 0.2) is 30.3 Å². The van der Waals surface area contributed by atoms with E-state index in [9.17, 15) is 4.79 Å². The molecule has 1 aliphatic rings. The molecule has 110 valence electrons. The first-order chi connectivity index (χ1) is 9.59. The van der Waals surface area contributed by atoms with Gasteiger partial charge in [-0.3, -0.25) is 4.79 Å². The average molecular weight is 274 g/mol. The minimum atomic E-state index is -0.366. The molecule has 3 heteroatoms. The van der Waals surface area contributed by atoms with E-state index in [1.807, 2.05) is 23.1 Å². The van der Waals surface area contributed by atoms with Crippen LogP contribution in [0.1, 0.15) is 38.7 Å². The van der Waals surface area contributed by atoms with Crippen molar-refractivity contribution in [2.24, 2.45) is 11.7 Å². The van der Waals surface area contributed by atoms with Crippen molar-refractivity contribution >= 4 is 5.91 Å². The highest BCUT2D eigenvalue weighted by Crippen LogP contribution is 2.24. The molecule has 1 amide bonds. The summed E-state index contributed by atoms with van der Waals surface area (Å²) in [5.41, 5.74) is 7.36. The molecule has 2 N–H and O–H groups in total. The Morgan fingerprint density at radius 1 is 1.35 bits per heavy atom. The van der Waals surface area contributed by atoms with E-state index in [0.717, 1.165) is 32.2 Å². The van der Waals surface area contributed by atoms with Crippen molar-refractivity contribution in [3.05, 3.63) is 35.9 Å². The van der Waals surface area contributed by atoms with E-state index in [2.05, 4.69) is 26.0 Å². The largest absolute Gasteiger partial charge is 0.338 e. The van der Waals surface area contributed by atoms with Crippen LogP contribution in [0.5, 0.6) is 0 Å². The van der Waals surface area contributed by atoms with Gasteiger partial charge < -0.3 is 10.6 Å². The van der Waals surface area contributed by atoms with E-state index in [1.54, 1.807) is 0 Å². The van der Waals surface area contributed by atoms with Gasteiger partial charge in [0.15, 0.2) is 0 Å². The molecule has 1 aromatic rings. The van der Waals surface area contributed by atoms with Gasteiger partial charge in [-0.25, -0.2) is 0 Å². The van der Waals surface area contributed by atoms with Crippen molar-refractivity contribution in [2.45, 2.75) is 51.6 Å². The molecule has 2 atom stereocenters. The number of carbonyl (C=O) groups excluding carboxylic acids is 1. The molecule has 1 saturated heterocycles. The molecule has 2 rings (SSSR count). The molecule has 1 aromatic carbocycles. The first-order valence-corrected chi connectivity index (χ1v) is 7.69. The fourth-order valence-corrected chi connectivity index (χ4v) is 3.06. The normalized spacial score (nSPS) is 20.4. The second-order valence-corrected chi connectivity index (χ2v) is 6.12. The molecule has 0 saturated carbocycles. The highest BCUT2D eigenvalue weighted by Gasteiger charge is 2.32. The third kappa shape index (κ3) is 3.60. The lowest BCUT2D eigenvalue weighted by Gasteiger charge is -2.30. The molecule has 1 aliphatic heterocycles. The first kappa shape index (κ1) is 15.0. The summed E-state index contributed by atoms with van der Waals surface area (Å²) in [7, 11) is 0. The molecule has 1 fully saturated rings. The van der Waals surface area contributed by atoms with Crippen molar-refractivity contribution < 1.29 is 4.79 Å². The third-order valence-electron chi connectivity index (χ3n) is 4.26. The Labute approximate surface area is 122 Å². The highest BCUT2D eigenvalue weighted by atomic mass is 16.2. The lowest BCUT2D eigenvalue weighted by Crippen LogP contribution is -2.47. The second kappa shape index (κ2) is 6.89. The van der Waals surface area contributed by atoms with E-state index in [0.29, 0.717) is 12.0 Å². The average Bonchev–Trinajstić information content (AvgIpc) is 2.94. The maximum Gasteiger partial charge on any atom is 0.239 e. The van der Waals surface area contributed by atoms with Gasteiger partial charge in [0, 0.05) is 12.6 Å². The molecule has 1 heterocycles. The number of carbonyl (C=O) groups is 1. The van der Waals surface area contributed by atoms with Crippen molar-refractivity contribution in [1.29, 1.82) is 0 Å². The Hall–Kier alpha value is -1.35. The van der Waals surface area contributed by atoms with Crippen LogP contribution in [0.2, 0.25) is 0 Å². The number of benzene rings is 1. The van der Waals surface area contributed by atoms with Crippen LogP contribution in [0, 0.1) is 5.92 Å². The number of hydrogen-bond donors (Lipinski definition) is 1. The minimum Gasteiger partial charge on any atom is -0.338 e. The number of aryl methyl sites for hydroxylation is 1. The lowest BCUT2D eigenvalue weighted by molar-refractivity contribution is -0.134. The zero-order chi connectivity index (χ0) is 14.5. The van der Waals surface area contributed by atoms with Gasteiger partial charge in [-0.1, -0.05) is 44.2 Å². The number of likely N-dealkylation sites (tertiary alicyclic amines) is 1. The number of rotatable bonds is 5. The van der Waals surface area contributed by atoms with E-state index in [1.165, 1.54) is 5.56 Å². The van der Waals surface area contributed by atoms with Gasteiger partial charge in [0.25, 0.3) is 0 Å². The topological polar surface area (TPSA) is 46.3 Å². The third-order valence-corrected chi connectivity index (χ3v) is 4.26. The second-order valence-electron chi connectivity index (χ2n) is 6.12. The van der Waals surface area contributed by atoms with E-state index < -0.39 is 0 Å². The summed E-state index contributed by atoms with van der Waals surface area (Å²) < 4.78 is 0. The smallest absolute Gasteiger partial charge is 0.239 e. The number of nitrogens with zero attached hydrogens (tertiary/aromatic N) is 1. The van der Waals surface area contributed by atoms with Crippen molar-refractivity contribution in [2.75, 3.05) is 6.54 Å². The molecule has 1 unspecified atom stereocenters. The Morgan fingerprint density at radius 3 is 2.70 bits per heavy atom. The van der Waals surface area contributed by atoms with Gasteiger partial charge in [0.2, 0.25) is 5.91 Å². The van der Waals surface area contributed by atoms with E-state index in [-0.39, 0.29) is 11.9 Å². The predicted molar refractivity (Wildman–Crippen MR) is 82.3 cm³/mol. The van der Waals surface area contributed by atoms with Crippen molar-refractivity contribution in [3.63, 3.8) is 0 Å². The zero-order valence-corrected chi connectivity index (χ0v) is 12.6. The summed E-state index contributed by atoms with van der Waals surface area (Å²) in [6.45, 7) is 5.25. The zero-order valence-electron chi connectivity index (χ0n) is 12.6. The maximum absolute atomic E-state index is 12.5. The summed E-state index contributed by atoms with van der Waals surface area (Å²) in [4.78, 5) is 14.5. The molecular formula is C17H26N2O. The Morgan fingerprint density at radius 2 is 2.05 bits per heavy atom. The molecule has 20 heavy (non-hydrogen) atoms. The van der Waals surface area contributed by atoms with Crippen LogP contribution >= 0.6 is 0 Å². The van der Waals surface area contributed by atoms with Crippen LogP contribution in [0.4, 0.5) is 0 Å². The summed E-state index contributed by atoms with van der Waals surface area (Å²) in [6, 6.07) is 10.2. The van der Waals surface area contributed by atoms with E-state index >= 15 is 0 Å². The molecular weight excluding hydrogens is 248 g/mol. The molecule has 0 bridgehead atoms. The summed E-state index contributed by atoms with van der Waals surface area (Å²) >= 11 is 0.